The second kappa shape index (κ2) is 5.66. The lowest BCUT2D eigenvalue weighted by atomic mass is 10.1. The van der Waals surface area contributed by atoms with Gasteiger partial charge in [0.05, 0.1) is 0 Å². The van der Waals surface area contributed by atoms with Crippen molar-refractivity contribution in [3.63, 3.8) is 0 Å². The molecule has 0 aromatic heterocycles. The molecule has 0 aliphatic carbocycles. The predicted octanol–water partition coefficient (Wildman–Crippen LogP) is 1.80. The second-order valence-corrected chi connectivity index (χ2v) is 4.03. The van der Waals surface area contributed by atoms with E-state index in [2.05, 4.69) is 11.4 Å². The van der Waals surface area contributed by atoms with Gasteiger partial charge in [0.25, 0.3) is 0 Å². The summed E-state index contributed by atoms with van der Waals surface area (Å²) in [6, 6.07) is 14.1. The highest BCUT2D eigenvalue weighted by Crippen LogP contribution is 2.20. The number of hydrogen-bond acceptors (Lipinski definition) is 3. The molecule has 0 heterocycles. The Bertz CT molecular complexity index is 484. The first-order chi connectivity index (χ1) is 8.29. The van der Waals surface area contributed by atoms with Crippen LogP contribution in [0.25, 0.3) is 10.8 Å². The normalized spacial score (nSPS) is 12.6. The molecule has 1 atom stereocenters. The molecule has 0 aliphatic rings. The Kier molecular flexibility index (Phi) is 3.96. The first-order valence-corrected chi connectivity index (χ1v) is 5.74. The zero-order chi connectivity index (χ0) is 12.1. The van der Waals surface area contributed by atoms with E-state index in [1.54, 1.807) is 7.05 Å². The van der Waals surface area contributed by atoms with E-state index in [0.717, 1.165) is 11.1 Å². The Balaban J connectivity index is 2.04. The standard InChI is InChI=1S/C14H17NO2/c1-15-9-13(16)10-17-14-7-6-11-4-2-3-5-12(11)8-14/h2-8,13,15-16H,9-10H2,1H3/t13-/m0/s1. The number of fused-ring (bicyclic) bond motifs is 1. The number of nitrogens with one attached hydrogen (secondary N) is 1. The number of aliphatic hydroxyl groups excluding tert-OH is 1. The van der Waals surface area contributed by atoms with Crippen LogP contribution in [0.2, 0.25) is 0 Å². The minimum Gasteiger partial charge on any atom is -0.491 e. The lowest BCUT2D eigenvalue weighted by Gasteiger charge is -2.12. The molecule has 90 valence electrons. The highest BCUT2D eigenvalue weighted by atomic mass is 16.5. The van der Waals surface area contributed by atoms with Gasteiger partial charge in [-0.15, -0.1) is 0 Å². The summed E-state index contributed by atoms with van der Waals surface area (Å²) in [5.41, 5.74) is 0. The van der Waals surface area contributed by atoms with Crippen LogP contribution in [0.3, 0.4) is 0 Å². The molecule has 3 heteroatoms. The highest BCUT2D eigenvalue weighted by Gasteiger charge is 2.03. The van der Waals surface area contributed by atoms with Crippen LogP contribution in [0.15, 0.2) is 42.5 Å². The maximum Gasteiger partial charge on any atom is 0.120 e. The van der Waals surface area contributed by atoms with Crippen LogP contribution in [-0.4, -0.2) is 31.4 Å². The van der Waals surface area contributed by atoms with E-state index >= 15 is 0 Å². The third-order valence-corrected chi connectivity index (χ3v) is 2.60. The van der Waals surface area contributed by atoms with Crippen molar-refractivity contribution in [3.8, 4) is 5.75 Å². The van der Waals surface area contributed by atoms with Gasteiger partial charge < -0.3 is 15.2 Å². The lowest BCUT2D eigenvalue weighted by molar-refractivity contribution is 0.108. The number of aliphatic hydroxyl groups is 1. The molecule has 0 bridgehead atoms. The number of benzene rings is 2. The zero-order valence-corrected chi connectivity index (χ0v) is 9.89. The molecule has 0 saturated carbocycles. The van der Waals surface area contributed by atoms with Gasteiger partial charge in [-0.1, -0.05) is 30.3 Å². The van der Waals surface area contributed by atoms with Crippen LogP contribution >= 0.6 is 0 Å². The highest BCUT2D eigenvalue weighted by molar-refractivity contribution is 5.83. The van der Waals surface area contributed by atoms with Crippen molar-refractivity contribution in [2.45, 2.75) is 6.10 Å². The molecule has 17 heavy (non-hydrogen) atoms. The van der Waals surface area contributed by atoms with Crippen LogP contribution in [-0.2, 0) is 0 Å². The minimum atomic E-state index is -0.480. The third kappa shape index (κ3) is 3.19. The summed E-state index contributed by atoms with van der Waals surface area (Å²) in [7, 11) is 1.80. The van der Waals surface area contributed by atoms with Gasteiger partial charge in [0.15, 0.2) is 0 Å². The second-order valence-electron chi connectivity index (χ2n) is 4.03. The first kappa shape index (κ1) is 11.9. The van der Waals surface area contributed by atoms with E-state index < -0.39 is 6.10 Å². The number of hydrogen-bond donors (Lipinski definition) is 2. The molecule has 0 saturated heterocycles. The minimum absolute atomic E-state index is 0.305. The Labute approximate surface area is 101 Å². The summed E-state index contributed by atoms with van der Waals surface area (Å²) < 4.78 is 5.54. The molecule has 0 fully saturated rings. The van der Waals surface area contributed by atoms with Crippen molar-refractivity contribution in [2.24, 2.45) is 0 Å². The van der Waals surface area contributed by atoms with Crippen LogP contribution in [0.5, 0.6) is 5.75 Å². The van der Waals surface area contributed by atoms with Crippen LogP contribution < -0.4 is 10.1 Å². The van der Waals surface area contributed by atoms with E-state index in [0.29, 0.717) is 13.2 Å². The third-order valence-electron chi connectivity index (χ3n) is 2.60. The number of likely N-dealkylation sites (N-methyl/N-ethyl adjacent to an activating group) is 1. The largest absolute Gasteiger partial charge is 0.491 e. The van der Waals surface area contributed by atoms with Crippen molar-refractivity contribution < 1.29 is 9.84 Å². The van der Waals surface area contributed by atoms with Crippen LogP contribution in [0.4, 0.5) is 0 Å². The molecule has 2 aromatic rings. The fourth-order valence-electron chi connectivity index (χ4n) is 1.74. The fraction of sp³-hybridized carbons (Fsp3) is 0.286. The average molecular weight is 231 g/mol. The molecular formula is C14H17NO2. The fourth-order valence-corrected chi connectivity index (χ4v) is 1.74. The molecule has 2 N–H and O–H groups in total. The van der Waals surface area contributed by atoms with Crippen molar-refractivity contribution in [1.82, 2.24) is 5.32 Å². The summed E-state index contributed by atoms with van der Waals surface area (Å²) in [5.74, 6) is 0.791. The first-order valence-electron chi connectivity index (χ1n) is 5.74. The van der Waals surface area contributed by atoms with Gasteiger partial charge in [-0.3, -0.25) is 0 Å². The smallest absolute Gasteiger partial charge is 0.120 e. The monoisotopic (exact) mass is 231 g/mol. The van der Waals surface area contributed by atoms with E-state index in [1.165, 1.54) is 5.39 Å². The Morgan fingerprint density at radius 2 is 1.94 bits per heavy atom. The zero-order valence-electron chi connectivity index (χ0n) is 9.89. The van der Waals surface area contributed by atoms with Crippen LogP contribution in [0, 0.1) is 0 Å². The maximum atomic E-state index is 9.54. The van der Waals surface area contributed by atoms with E-state index in [4.69, 9.17) is 4.74 Å². The van der Waals surface area contributed by atoms with Gasteiger partial charge in [0, 0.05) is 6.54 Å². The quantitative estimate of drug-likeness (QED) is 0.824. The van der Waals surface area contributed by atoms with Gasteiger partial charge in [-0.2, -0.15) is 0 Å². The van der Waals surface area contributed by atoms with E-state index in [-0.39, 0.29) is 0 Å². The van der Waals surface area contributed by atoms with E-state index in [1.807, 2.05) is 36.4 Å². The summed E-state index contributed by atoms with van der Waals surface area (Å²) in [5, 5.41) is 14.8. The SMILES string of the molecule is CNC[C@H](O)COc1ccc2ccccc2c1. The Morgan fingerprint density at radius 1 is 1.18 bits per heavy atom. The molecule has 0 unspecified atom stereocenters. The molecule has 2 rings (SSSR count). The van der Waals surface area contributed by atoms with Gasteiger partial charge in [-0.05, 0) is 30.0 Å². The molecule has 0 radical (unpaired) electrons. The van der Waals surface area contributed by atoms with E-state index in [9.17, 15) is 5.11 Å². The van der Waals surface area contributed by atoms with Crippen LogP contribution in [0.1, 0.15) is 0 Å². The number of ether oxygens (including phenoxy) is 1. The molecular weight excluding hydrogens is 214 g/mol. The van der Waals surface area contributed by atoms with Crippen molar-refractivity contribution >= 4 is 10.8 Å². The summed E-state index contributed by atoms with van der Waals surface area (Å²) >= 11 is 0. The Hall–Kier alpha value is -1.58. The maximum absolute atomic E-state index is 9.54. The topological polar surface area (TPSA) is 41.5 Å². The summed E-state index contributed by atoms with van der Waals surface area (Å²) in [4.78, 5) is 0. The molecule has 2 aromatic carbocycles. The molecule has 0 spiro atoms. The average Bonchev–Trinajstić information content (AvgIpc) is 2.36. The lowest BCUT2D eigenvalue weighted by Crippen LogP contribution is -2.29. The van der Waals surface area contributed by atoms with Crippen molar-refractivity contribution in [1.29, 1.82) is 0 Å². The Morgan fingerprint density at radius 3 is 2.71 bits per heavy atom. The summed E-state index contributed by atoms with van der Waals surface area (Å²) in [6.45, 7) is 0.840. The van der Waals surface area contributed by atoms with Gasteiger partial charge in [-0.25, -0.2) is 0 Å². The molecule has 0 amide bonds. The molecule has 3 nitrogen and oxygen atoms in total. The van der Waals surface area contributed by atoms with Gasteiger partial charge >= 0.3 is 0 Å². The van der Waals surface area contributed by atoms with Gasteiger partial charge in [0.2, 0.25) is 0 Å². The van der Waals surface area contributed by atoms with Gasteiger partial charge in [0.1, 0.15) is 18.5 Å². The predicted molar refractivity (Wildman–Crippen MR) is 69.4 cm³/mol. The summed E-state index contributed by atoms with van der Waals surface area (Å²) in [6.07, 6.45) is -0.480. The van der Waals surface area contributed by atoms with Crippen molar-refractivity contribution in [2.75, 3.05) is 20.2 Å². The number of rotatable bonds is 5. The molecule has 0 aliphatic heterocycles. The van der Waals surface area contributed by atoms with Crippen molar-refractivity contribution in [3.05, 3.63) is 42.5 Å².